The van der Waals surface area contributed by atoms with E-state index in [4.69, 9.17) is 21.7 Å². The Morgan fingerprint density at radius 3 is 2.31 bits per heavy atom. The number of carbonyl (C=O) groups is 3. The van der Waals surface area contributed by atoms with Gasteiger partial charge in [0.15, 0.2) is 0 Å². The van der Waals surface area contributed by atoms with Gasteiger partial charge in [0.2, 0.25) is 0 Å². The van der Waals surface area contributed by atoms with E-state index >= 15 is 0 Å². The van der Waals surface area contributed by atoms with Crippen molar-refractivity contribution in [2.24, 2.45) is 28.3 Å². The van der Waals surface area contributed by atoms with Crippen LogP contribution in [0.1, 0.15) is 78.1 Å². The van der Waals surface area contributed by atoms with Crippen LogP contribution in [0.25, 0.3) is 0 Å². The second kappa shape index (κ2) is 13.6. The average molecular weight is 495 g/mol. The summed E-state index contributed by atoms with van der Waals surface area (Å²) in [5.74, 6) is -2.42. The molecule has 0 spiro atoms. The lowest BCUT2D eigenvalue weighted by Crippen LogP contribution is -2.54. The predicted molar refractivity (Wildman–Crippen MR) is 133 cm³/mol. The highest BCUT2D eigenvalue weighted by Gasteiger charge is 2.44. The minimum atomic E-state index is -1.05. The van der Waals surface area contributed by atoms with Gasteiger partial charge in [-0.05, 0) is 62.9 Å². The second-order valence-electron chi connectivity index (χ2n) is 9.55. The third kappa shape index (κ3) is 7.51. The summed E-state index contributed by atoms with van der Waals surface area (Å²) in [7, 11) is 0. The van der Waals surface area contributed by atoms with Crippen molar-refractivity contribution in [3.63, 3.8) is 0 Å². The van der Waals surface area contributed by atoms with Gasteiger partial charge in [-0.1, -0.05) is 26.7 Å². The van der Waals surface area contributed by atoms with Crippen LogP contribution in [0, 0.1) is 11.8 Å². The van der Waals surface area contributed by atoms with Crippen LogP contribution in [0.2, 0.25) is 0 Å². The molecule has 3 heterocycles. The molecule has 0 aromatic rings. The number of nitrogens with two attached hydrogens (primary N) is 2. The van der Waals surface area contributed by atoms with Gasteiger partial charge in [0.05, 0.1) is 0 Å². The maximum absolute atomic E-state index is 11.6. The van der Waals surface area contributed by atoms with Crippen molar-refractivity contribution >= 4 is 23.6 Å². The third-order valence-electron chi connectivity index (χ3n) is 7.30. The van der Waals surface area contributed by atoms with Crippen LogP contribution >= 0.6 is 0 Å². The van der Waals surface area contributed by atoms with Gasteiger partial charge in [0.25, 0.3) is 0 Å². The van der Waals surface area contributed by atoms with Crippen molar-refractivity contribution in [3.05, 3.63) is 11.8 Å². The molecule has 10 nitrogen and oxygen atoms in total. The molecule has 6 unspecified atom stereocenters. The Morgan fingerprint density at radius 1 is 1.03 bits per heavy atom. The Morgan fingerprint density at radius 2 is 1.69 bits per heavy atom. The summed E-state index contributed by atoms with van der Waals surface area (Å²) in [4.78, 5) is 40.7. The summed E-state index contributed by atoms with van der Waals surface area (Å²) < 4.78 is 0. The fourth-order valence-electron chi connectivity index (χ4n) is 5.57. The summed E-state index contributed by atoms with van der Waals surface area (Å²) in [5.41, 5.74) is 13.1. The van der Waals surface area contributed by atoms with Crippen LogP contribution in [0.15, 0.2) is 16.8 Å². The first kappa shape index (κ1) is 28.8. The number of aliphatic carboxylic acids is 3. The van der Waals surface area contributed by atoms with E-state index in [0.717, 1.165) is 56.4 Å². The standard InChI is InChI=1S/C23H36N4O6.C2H6/c24-16(21(28)29)6-2-1-4-13-5-3-11-27-12-14(7-9-17(25)22(30)31)19-15(20(13)27)8-10-18(26-19)23(32)33;1-2/h12-13,15-18,20H,1-11,24-25H2,(H,28,29)(H,30,31)(H,32,33);1-2H3. The number of piperidine rings is 1. The molecule has 198 valence electrons. The minimum Gasteiger partial charge on any atom is -0.480 e. The fraction of sp³-hybridized carbons (Fsp3) is 0.760. The largest absolute Gasteiger partial charge is 0.480 e. The number of carboxylic acid groups (broad SMARTS) is 3. The maximum Gasteiger partial charge on any atom is 0.328 e. The van der Waals surface area contributed by atoms with E-state index in [0.29, 0.717) is 25.2 Å². The Labute approximate surface area is 207 Å². The molecule has 0 radical (unpaired) electrons. The number of aliphatic imine (C=N–C) groups is 1. The van der Waals surface area contributed by atoms with E-state index in [2.05, 4.69) is 16.1 Å². The molecule has 1 saturated heterocycles. The van der Waals surface area contributed by atoms with Crippen molar-refractivity contribution in [1.82, 2.24) is 4.90 Å². The Balaban J connectivity index is 0.00000210. The van der Waals surface area contributed by atoms with E-state index in [1.165, 1.54) is 0 Å². The highest BCUT2D eigenvalue weighted by molar-refractivity contribution is 6.04. The molecule has 3 rings (SSSR count). The van der Waals surface area contributed by atoms with Crippen molar-refractivity contribution < 1.29 is 29.7 Å². The number of hydrogen-bond donors (Lipinski definition) is 5. The van der Waals surface area contributed by atoms with Gasteiger partial charge in [0, 0.05) is 30.4 Å². The molecule has 7 N–H and O–H groups in total. The first-order chi connectivity index (χ1) is 16.7. The molecule has 0 bridgehead atoms. The lowest BCUT2D eigenvalue weighted by molar-refractivity contribution is -0.139. The van der Waals surface area contributed by atoms with Crippen LogP contribution in [0.4, 0.5) is 0 Å². The molecule has 0 aliphatic carbocycles. The van der Waals surface area contributed by atoms with Crippen LogP contribution < -0.4 is 11.5 Å². The SMILES string of the molecule is CC.NC(CCCCC1CCCN2C=C(CCC(N)C(=O)O)C3=NC(C(=O)O)CCC3C12)C(=O)O. The molecule has 0 aromatic heterocycles. The molecule has 0 saturated carbocycles. The van der Waals surface area contributed by atoms with Crippen molar-refractivity contribution in [2.75, 3.05) is 6.54 Å². The summed E-state index contributed by atoms with van der Waals surface area (Å²) in [6, 6.07) is -2.32. The van der Waals surface area contributed by atoms with Gasteiger partial charge in [-0.15, -0.1) is 0 Å². The number of allylic oxidation sites excluding steroid dienone is 1. The number of rotatable bonds is 11. The van der Waals surface area contributed by atoms with E-state index in [1.807, 2.05) is 13.8 Å². The van der Waals surface area contributed by atoms with Crippen molar-refractivity contribution in [1.29, 1.82) is 0 Å². The van der Waals surface area contributed by atoms with E-state index in [-0.39, 0.29) is 18.4 Å². The molecular weight excluding hydrogens is 452 g/mol. The Kier molecular flexibility index (Phi) is 11.2. The van der Waals surface area contributed by atoms with E-state index in [1.54, 1.807) is 0 Å². The summed E-state index contributed by atoms with van der Waals surface area (Å²) in [6.07, 6.45) is 9.23. The maximum atomic E-state index is 11.6. The first-order valence-corrected chi connectivity index (χ1v) is 12.9. The van der Waals surface area contributed by atoms with Crippen molar-refractivity contribution in [3.8, 4) is 0 Å². The minimum absolute atomic E-state index is 0.119. The van der Waals surface area contributed by atoms with Gasteiger partial charge in [0.1, 0.15) is 18.1 Å². The van der Waals surface area contributed by atoms with E-state index in [9.17, 15) is 19.5 Å². The number of carboxylic acids is 3. The highest BCUT2D eigenvalue weighted by atomic mass is 16.4. The van der Waals surface area contributed by atoms with Crippen LogP contribution in [-0.2, 0) is 14.4 Å². The van der Waals surface area contributed by atoms with Gasteiger partial charge >= 0.3 is 17.9 Å². The highest BCUT2D eigenvalue weighted by Crippen LogP contribution is 2.42. The van der Waals surface area contributed by atoms with Crippen LogP contribution in [0.3, 0.4) is 0 Å². The molecule has 35 heavy (non-hydrogen) atoms. The smallest absolute Gasteiger partial charge is 0.328 e. The van der Waals surface area contributed by atoms with Gasteiger partial charge < -0.3 is 31.7 Å². The van der Waals surface area contributed by atoms with E-state index < -0.39 is 36.0 Å². The summed E-state index contributed by atoms with van der Waals surface area (Å²) in [6.45, 7) is 4.91. The molecule has 10 heteroatoms. The number of unbranched alkanes of at least 4 members (excludes halogenated alkanes) is 1. The lowest BCUT2D eigenvalue weighted by atomic mass is 9.70. The lowest BCUT2D eigenvalue weighted by Gasteiger charge is -2.50. The molecular formula is C25H42N4O6. The Hall–Kier alpha value is -2.46. The van der Waals surface area contributed by atoms with Gasteiger partial charge in [-0.3, -0.25) is 14.6 Å². The zero-order valence-electron chi connectivity index (χ0n) is 20.9. The summed E-state index contributed by atoms with van der Waals surface area (Å²) >= 11 is 0. The van der Waals surface area contributed by atoms with Crippen LogP contribution in [0.5, 0.6) is 0 Å². The fourth-order valence-corrected chi connectivity index (χ4v) is 5.57. The molecule has 0 amide bonds. The Bertz CT molecular complexity index is 814. The van der Waals surface area contributed by atoms with Crippen molar-refractivity contribution in [2.45, 2.75) is 102 Å². The third-order valence-corrected chi connectivity index (χ3v) is 7.30. The zero-order chi connectivity index (χ0) is 26.1. The quantitative estimate of drug-likeness (QED) is 0.270. The van der Waals surface area contributed by atoms with Gasteiger partial charge in [-0.2, -0.15) is 0 Å². The molecule has 1 fully saturated rings. The zero-order valence-corrected chi connectivity index (χ0v) is 20.9. The van der Waals surface area contributed by atoms with Crippen LogP contribution in [-0.4, -0.2) is 74.6 Å². The van der Waals surface area contributed by atoms with Gasteiger partial charge in [-0.25, -0.2) is 4.79 Å². The molecule has 6 atom stereocenters. The summed E-state index contributed by atoms with van der Waals surface area (Å²) in [5, 5.41) is 27.6. The monoisotopic (exact) mass is 494 g/mol. The average Bonchev–Trinajstić information content (AvgIpc) is 2.85. The molecule has 3 aliphatic rings. The number of fused-ring (bicyclic) bond motifs is 3. The molecule has 3 aliphatic heterocycles. The normalized spacial score (nSPS) is 27.1. The number of nitrogens with zero attached hydrogens (tertiary/aromatic N) is 2. The second-order valence-corrected chi connectivity index (χ2v) is 9.55. The predicted octanol–water partition coefficient (Wildman–Crippen LogP) is 2.46. The topological polar surface area (TPSA) is 180 Å². The molecule has 0 aromatic carbocycles. The number of hydrogen-bond acceptors (Lipinski definition) is 7. The first-order valence-electron chi connectivity index (χ1n) is 12.9.